The van der Waals surface area contributed by atoms with Crippen molar-refractivity contribution in [1.29, 1.82) is 0 Å². The molecule has 2 nitrogen and oxygen atoms in total. The zero-order valence-corrected chi connectivity index (χ0v) is 17.5. The van der Waals surface area contributed by atoms with Gasteiger partial charge in [0.25, 0.3) is 0 Å². The maximum Gasteiger partial charge on any atom is 0.323 e. The van der Waals surface area contributed by atoms with Gasteiger partial charge in [0.05, 0.1) is 0 Å². The number of aryl methyl sites for hydroxylation is 3. The van der Waals surface area contributed by atoms with Crippen molar-refractivity contribution in [2.45, 2.75) is 84.0 Å². The minimum atomic E-state index is -0.272. The highest BCUT2D eigenvalue weighted by atomic mass is 16.5. The van der Waals surface area contributed by atoms with Gasteiger partial charge in [0.2, 0.25) is 0 Å². The second kappa shape index (κ2) is 8.11. The smallest absolute Gasteiger partial charge is 0.323 e. The molecule has 1 heterocycles. The molecule has 0 saturated carbocycles. The number of hydrogen-bond acceptors (Lipinski definition) is 2. The summed E-state index contributed by atoms with van der Waals surface area (Å²) in [7, 11) is 0. The molecule has 0 bridgehead atoms. The molecule has 2 atom stereocenters. The largest absolute Gasteiger partial charge is 0.425 e. The Balaban J connectivity index is 1.79. The van der Waals surface area contributed by atoms with Gasteiger partial charge in [-0.3, -0.25) is 4.79 Å². The Morgan fingerprint density at radius 2 is 1.86 bits per heavy atom. The number of unbranched alkanes of at least 4 members (excludes halogenated alkanes) is 1. The molecule has 1 aliphatic heterocycles. The van der Waals surface area contributed by atoms with E-state index in [1.165, 1.54) is 54.4 Å². The van der Waals surface area contributed by atoms with E-state index < -0.39 is 0 Å². The molecule has 1 aliphatic carbocycles. The fraction of sp³-hybridized carbons (Fsp3) is 0.500. The molecular weight excluding hydrogens is 344 g/mol. The summed E-state index contributed by atoms with van der Waals surface area (Å²) in [6, 6.07) is 11.2. The van der Waals surface area contributed by atoms with E-state index in [-0.39, 0.29) is 11.9 Å². The highest BCUT2D eigenvalue weighted by Crippen LogP contribution is 2.45. The van der Waals surface area contributed by atoms with E-state index >= 15 is 0 Å². The van der Waals surface area contributed by atoms with Gasteiger partial charge in [-0.1, -0.05) is 57.5 Å². The van der Waals surface area contributed by atoms with Crippen molar-refractivity contribution >= 4 is 5.97 Å². The summed E-state index contributed by atoms with van der Waals surface area (Å²) in [5.41, 5.74) is 7.63. The first-order chi connectivity index (χ1) is 13.6. The van der Waals surface area contributed by atoms with Gasteiger partial charge in [-0.25, -0.2) is 0 Å². The van der Waals surface area contributed by atoms with Crippen molar-refractivity contribution in [1.82, 2.24) is 0 Å². The SMILES string of the molecule is CCCCc1cc(C(C)CC)c2c(c1)C(c1ccc3c(c1)CCCC3)C(=O)O2. The highest BCUT2D eigenvalue weighted by Gasteiger charge is 2.37. The topological polar surface area (TPSA) is 26.3 Å². The van der Waals surface area contributed by atoms with Gasteiger partial charge in [-0.15, -0.1) is 0 Å². The van der Waals surface area contributed by atoms with Crippen LogP contribution in [-0.2, 0) is 24.1 Å². The lowest BCUT2D eigenvalue weighted by Crippen LogP contribution is -2.13. The van der Waals surface area contributed by atoms with Crippen molar-refractivity contribution in [2.24, 2.45) is 0 Å². The zero-order valence-electron chi connectivity index (χ0n) is 17.5. The molecule has 2 unspecified atom stereocenters. The molecular formula is C26H32O2. The fourth-order valence-corrected chi connectivity index (χ4v) is 4.72. The third-order valence-electron chi connectivity index (χ3n) is 6.62. The van der Waals surface area contributed by atoms with Crippen LogP contribution in [0.2, 0.25) is 0 Å². The van der Waals surface area contributed by atoms with Crippen LogP contribution < -0.4 is 4.74 Å². The molecule has 28 heavy (non-hydrogen) atoms. The summed E-state index contributed by atoms with van der Waals surface area (Å²) in [5.74, 6) is 0.849. The van der Waals surface area contributed by atoms with Gasteiger partial charge in [0.15, 0.2) is 0 Å². The van der Waals surface area contributed by atoms with Crippen molar-refractivity contribution in [3.8, 4) is 5.75 Å². The van der Waals surface area contributed by atoms with Crippen LogP contribution in [0.1, 0.15) is 98.1 Å². The van der Waals surface area contributed by atoms with Gasteiger partial charge in [0.1, 0.15) is 11.7 Å². The van der Waals surface area contributed by atoms with E-state index in [0.717, 1.165) is 36.1 Å². The minimum absolute atomic E-state index is 0.108. The van der Waals surface area contributed by atoms with Crippen molar-refractivity contribution in [3.63, 3.8) is 0 Å². The van der Waals surface area contributed by atoms with Crippen molar-refractivity contribution in [2.75, 3.05) is 0 Å². The summed E-state index contributed by atoms with van der Waals surface area (Å²) in [6.07, 6.45) is 9.30. The lowest BCUT2D eigenvalue weighted by atomic mass is 9.83. The Kier molecular flexibility index (Phi) is 5.57. The standard InChI is InChI=1S/C26H32O2/c1-4-6-9-18-14-22(17(3)5-2)25-23(15-18)24(26(27)28-25)21-13-12-19-10-7-8-11-20(19)16-21/h12-17,24H,4-11H2,1-3H3. The van der Waals surface area contributed by atoms with E-state index in [2.05, 4.69) is 51.1 Å². The number of ether oxygens (including phenoxy) is 1. The molecule has 148 valence electrons. The Labute approximate surface area is 169 Å². The van der Waals surface area contributed by atoms with Crippen LogP contribution >= 0.6 is 0 Å². The molecule has 0 amide bonds. The van der Waals surface area contributed by atoms with Crippen molar-refractivity contribution in [3.05, 3.63) is 63.7 Å². The van der Waals surface area contributed by atoms with Gasteiger partial charge >= 0.3 is 5.97 Å². The summed E-state index contributed by atoms with van der Waals surface area (Å²) in [5, 5.41) is 0. The highest BCUT2D eigenvalue weighted by molar-refractivity contribution is 5.90. The zero-order chi connectivity index (χ0) is 19.7. The average Bonchev–Trinajstić information content (AvgIpc) is 3.06. The fourth-order valence-electron chi connectivity index (χ4n) is 4.72. The van der Waals surface area contributed by atoms with Gasteiger partial charge in [0, 0.05) is 5.56 Å². The van der Waals surface area contributed by atoms with Gasteiger partial charge in [-0.2, -0.15) is 0 Å². The molecule has 0 saturated heterocycles. The molecule has 2 aliphatic rings. The Morgan fingerprint density at radius 3 is 2.61 bits per heavy atom. The number of hydrogen-bond donors (Lipinski definition) is 0. The Bertz CT molecular complexity index is 880. The molecule has 0 aromatic heterocycles. The van der Waals surface area contributed by atoms with Crippen LogP contribution in [0.25, 0.3) is 0 Å². The summed E-state index contributed by atoms with van der Waals surface area (Å²) >= 11 is 0. The number of carbonyl (C=O) groups excluding carboxylic acids is 1. The third kappa shape index (κ3) is 3.50. The lowest BCUT2D eigenvalue weighted by molar-refractivity contribution is -0.133. The lowest BCUT2D eigenvalue weighted by Gasteiger charge is -2.19. The number of fused-ring (bicyclic) bond motifs is 2. The molecule has 0 radical (unpaired) electrons. The predicted octanol–water partition coefficient (Wildman–Crippen LogP) is 6.47. The third-order valence-corrected chi connectivity index (χ3v) is 6.62. The Hall–Kier alpha value is -2.09. The molecule has 0 N–H and O–H groups in total. The van der Waals surface area contributed by atoms with E-state index in [9.17, 15) is 4.79 Å². The first-order valence-corrected chi connectivity index (χ1v) is 11.1. The predicted molar refractivity (Wildman–Crippen MR) is 114 cm³/mol. The summed E-state index contributed by atoms with van der Waals surface area (Å²) in [6.45, 7) is 6.66. The van der Waals surface area contributed by atoms with Crippen LogP contribution in [0.4, 0.5) is 0 Å². The minimum Gasteiger partial charge on any atom is -0.425 e. The Morgan fingerprint density at radius 1 is 1.07 bits per heavy atom. The molecule has 2 aromatic carbocycles. The molecule has 0 spiro atoms. The monoisotopic (exact) mass is 376 g/mol. The van der Waals surface area contributed by atoms with Gasteiger partial charge in [-0.05, 0) is 78.7 Å². The number of benzene rings is 2. The van der Waals surface area contributed by atoms with Crippen LogP contribution in [-0.4, -0.2) is 5.97 Å². The summed E-state index contributed by atoms with van der Waals surface area (Å²) < 4.78 is 5.89. The maximum absolute atomic E-state index is 13.0. The first-order valence-electron chi connectivity index (χ1n) is 11.1. The van der Waals surface area contributed by atoms with Crippen LogP contribution in [0.5, 0.6) is 5.75 Å². The quantitative estimate of drug-likeness (QED) is 0.426. The normalized spacial score (nSPS) is 19.1. The van der Waals surface area contributed by atoms with Crippen LogP contribution in [0.3, 0.4) is 0 Å². The molecule has 4 rings (SSSR count). The number of carbonyl (C=O) groups is 1. The van der Waals surface area contributed by atoms with E-state index in [1.54, 1.807) is 0 Å². The van der Waals surface area contributed by atoms with Gasteiger partial charge < -0.3 is 4.74 Å². The van der Waals surface area contributed by atoms with E-state index in [0.29, 0.717) is 5.92 Å². The van der Waals surface area contributed by atoms with E-state index in [1.807, 2.05) is 0 Å². The first kappa shape index (κ1) is 19.2. The second-order valence-electron chi connectivity index (χ2n) is 8.61. The number of rotatable bonds is 6. The number of esters is 1. The molecule has 2 aromatic rings. The van der Waals surface area contributed by atoms with E-state index in [4.69, 9.17) is 4.74 Å². The van der Waals surface area contributed by atoms with Crippen molar-refractivity contribution < 1.29 is 9.53 Å². The average molecular weight is 377 g/mol. The molecule has 2 heteroatoms. The molecule has 0 fully saturated rings. The maximum atomic E-state index is 13.0. The van der Waals surface area contributed by atoms with Crippen LogP contribution in [0.15, 0.2) is 30.3 Å². The second-order valence-corrected chi connectivity index (χ2v) is 8.61. The summed E-state index contributed by atoms with van der Waals surface area (Å²) in [4.78, 5) is 13.0. The van der Waals surface area contributed by atoms with Crippen LogP contribution in [0, 0.1) is 0 Å².